The lowest BCUT2D eigenvalue weighted by Gasteiger charge is -2.44. The minimum atomic E-state index is -1.05. The molecule has 0 saturated carbocycles. The smallest absolute Gasteiger partial charge is 0.0639 e. The first-order chi connectivity index (χ1) is 8.89. The molecular formula is C17H36O2Si. The molecule has 3 heteroatoms. The summed E-state index contributed by atoms with van der Waals surface area (Å²) in [5.74, 6) is 0. The van der Waals surface area contributed by atoms with Crippen LogP contribution in [0.2, 0.25) is 15.6 Å². The van der Waals surface area contributed by atoms with Crippen molar-refractivity contribution in [1.29, 1.82) is 0 Å². The lowest BCUT2D eigenvalue weighted by Crippen LogP contribution is -2.39. The molecule has 0 spiro atoms. The first kappa shape index (κ1) is 19.9. The van der Waals surface area contributed by atoms with Gasteiger partial charge in [-0.2, -0.15) is 0 Å². The minimum Gasteiger partial charge on any atom is -0.393 e. The molecule has 0 radical (unpaired) electrons. The zero-order chi connectivity index (χ0) is 16.1. The molecule has 0 aromatic heterocycles. The average Bonchev–Trinajstić information content (AvgIpc) is 2.21. The second kappa shape index (κ2) is 7.76. The van der Waals surface area contributed by atoms with E-state index < -0.39 is 8.80 Å². The van der Waals surface area contributed by atoms with Crippen molar-refractivity contribution in [2.75, 3.05) is 6.61 Å². The number of rotatable bonds is 6. The molecule has 120 valence electrons. The van der Waals surface area contributed by atoms with E-state index >= 15 is 0 Å². The summed E-state index contributed by atoms with van der Waals surface area (Å²) in [5.41, 5.74) is 1.55. The van der Waals surface area contributed by atoms with Crippen LogP contribution < -0.4 is 0 Å². The van der Waals surface area contributed by atoms with Crippen molar-refractivity contribution < 1.29 is 10.2 Å². The number of hydrogen-bond donors (Lipinski definition) is 2. The van der Waals surface area contributed by atoms with E-state index in [9.17, 15) is 5.11 Å². The molecule has 2 nitrogen and oxygen atoms in total. The molecular weight excluding hydrogens is 264 g/mol. The van der Waals surface area contributed by atoms with Gasteiger partial charge in [0.1, 0.15) is 0 Å². The molecule has 0 bridgehead atoms. The topological polar surface area (TPSA) is 40.5 Å². The van der Waals surface area contributed by atoms with Crippen molar-refractivity contribution in [2.24, 2.45) is 0 Å². The molecule has 0 saturated heterocycles. The third kappa shape index (κ3) is 7.05. The van der Waals surface area contributed by atoms with Crippen LogP contribution in [0.3, 0.4) is 0 Å². The fourth-order valence-electron chi connectivity index (χ4n) is 4.07. The Balaban J connectivity index is 4.74. The Labute approximate surface area is 127 Å². The molecule has 0 unspecified atom stereocenters. The van der Waals surface area contributed by atoms with E-state index in [0.29, 0.717) is 22.0 Å². The summed E-state index contributed by atoms with van der Waals surface area (Å²) in [5, 5.41) is 20.0. The summed E-state index contributed by atoms with van der Waals surface area (Å²) >= 11 is 0. The highest BCUT2D eigenvalue weighted by atomic mass is 28.3. The number of aliphatic hydroxyl groups is 2. The predicted octanol–water partition coefficient (Wildman–Crippen LogP) is 4.28. The summed E-state index contributed by atoms with van der Waals surface area (Å²) in [4.78, 5) is 0. The SMILES string of the molecule is C/C(=C\C[C@@H](O)C[C@H](C)[SiH](C(C)(C)C)C(C)(C)C)CO. The summed E-state index contributed by atoms with van der Waals surface area (Å²) in [7, 11) is -1.05. The molecule has 0 aliphatic carbocycles. The van der Waals surface area contributed by atoms with Gasteiger partial charge in [-0.1, -0.05) is 60.1 Å². The van der Waals surface area contributed by atoms with Crippen LogP contribution in [0.1, 0.15) is 68.2 Å². The van der Waals surface area contributed by atoms with Crippen LogP contribution >= 0.6 is 0 Å². The van der Waals surface area contributed by atoms with Gasteiger partial charge in [-0.3, -0.25) is 0 Å². The van der Waals surface area contributed by atoms with Gasteiger partial charge in [0, 0.05) is 0 Å². The maximum Gasteiger partial charge on any atom is 0.0639 e. The largest absolute Gasteiger partial charge is 0.393 e. The molecule has 0 amide bonds. The van der Waals surface area contributed by atoms with Crippen LogP contribution in [-0.4, -0.2) is 31.7 Å². The standard InChI is InChI=1S/C17H36O2Si/c1-13(12-18)9-10-15(19)11-14(2)20(16(3,4)5)17(6,7)8/h9,14-15,18-20H,10-12H2,1-8H3/b13-9+/t14-,15+/m0/s1. The van der Waals surface area contributed by atoms with Crippen LogP contribution in [0.4, 0.5) is 0 Å². The Bertz CT molecular complexity index is 296. The zero-order valence-electron chi connectivity index (χ0n) is 14.8. The van der Waals surface area contributed by atoms with Gasteiger partial charge in [0.05, 0.1) is 21.5 Å². The summed E-state index contributed by atoms with van der Waals surface area (Å²) in [6.07, 6.45) is 3.21. The molecule has 0 rings (SSSR count). The first-order valence-electron chi connectivity index (χ1n) is 7.84. The Morgan fingerprint density at radius 2 is 1.55 bits per heavy atom. The van der Waals surface area contributed by atoms with Gasteiger partial charge >= 0.3 is 0 Å². The van der Waals surface area contributed by atoms with Crippen molar-refractivity contribution in [3.05, 3.63) is 11.6 Å². The summed E-state index contributed by atoms with van der Waals surface area (Å²) < 4.78 is 0. The van der Waals surface area contributed by atoms with Crippen molar-refractivity contribution in [2.45, 2.75) is 90.0 Å². The highest BCUT2D eigenvalue weighted by Gasteiger charge is 2.40. The van der Waals surface area contributed by atoms with E-state index in [2.05, 4.69) is 48.5 Å². The van der Waals surface area contributed by atoms with Gasteiger partial charge in [-0.15, -0.1) is 0 Å². The van der Waals surface area contributed by atoms with Crippen LogP contribution in [0.25, 0.3) is 0 Å². The number of hydrogen-bond acceptors (Lipinski definition) is 2. The third-order valence-corrected chi connectivity index (χ3v) is 9.21. The summed E-state index contributed by atoms with van der Waals surface area (Å²) in [6, 6.07) is 0. The molecule has 20 heavy (non-hydrogen) atoms. The first-order valence-corrected chi connectivity index (χ1v) is 9.66. The zero-order valence-corrected chi connectivity index (χ0v) is 16.0. The van der Waals surface area contributed by atoms with Crippen molar-refractivity contribution in [3.8, 4) is 0 Å². The second-order valence-corrected chi connectivity index (χ2v) is 14.1. The highest BCUT2D eigenvalue weighted by Crippen LogP contribution is 2.48. The van der Waals surface area contributed by atoms with E-state index in [-0.39, 0.29) is 12.7 Å². The molecule has 0 fully saturated rings. The molecule has 0 aromatic carbocycles. The van der Waals surface area contributed by atoms with E-state index in [4.69, 9.17) is 5.11 Å². The normalized spacial score (nSPS) is 17.4. The van der Waals surface area contributed by atoms with Crippen LogP contribution in [0.15, 0.2) is 11.6 Å². The van der Waals surface area contributed by atoms with Crippen LogP contribution in [-0.2, 0) is 0 Å². The van der Waals surface area contributed by atoms with E-state index in [1.54, 1.807) is 0 Å². The van der Waals surface area contributed by atoms with E-state index in [0.717, 1.165) is 12.0 Å². The fourth-order valence-corrected chi connectivity index (χ4v) is 10.7. The third-order valence-electron chi connectivity index (χ3n) is 4.07. The molecule has 0 aliphatic heterocycles. The Morgan fingerprint density at radius 1 is 1.10 bits per heavy atom. The number of aliphatic hydroxyl groups excluding tert-OH is 2. The quantitative estimate of drug-likeness (QED) is 0.567. The van der Waals surface area contributed by atoms with Gasteiger partial charge in [0.25, 0.3) is 0 Å². The van der Waals surface area contributed by atoms with Gasteiger partial charge in [0.15, 0.2) is 0 Å². The molecule has 2 N–H and O–H groups in total. The summed E-state index contributed by atoms with van der Waals surface area (Å²) in [6.45, 7) is 18.4. The van der Waals surface area contributed by atoms with Gasteiger partial charge in [-0.25, -0.2) is 0 Å². The lowest BCUT2D eigenvalue weighted by molar-refractivity contribution is 0.165. The molecule has 0 aromatic rings. The lowest BCUT2D eigenvalue weighted by atomic mass is 10.1. The fraction of sp³-hybridized carbons (Fsp3) is 0.882. The van der Waals surface area contributed by atoms with Crippen molar-refractivity contribution in [3.63, 3.8) is 0 Å². The van der Waals surface area contributed by atoms with E-state index in [1.807, 2.05) is 13.0 Å². The monoisotopic (exact) mass is 300 g/mol. The second-order valence-electron chi connectivity index (χ2n) is 8.52. The van der Waals surface area contributed by atoms with E-state index in [1.165, 1.54) is 0 Å². The highest BCUT2D eigenvalue weighted by molar-refractivity contribution is 6.66. The van der Waals surface area contributed by atoms with Crippen LogP contribution in [0, 0.1) is 0 Å². The predicted molar refractivity (Wildman–Crippen MR) is 92.1 cm³/mol. The maximum atomic E-state index is 10.2. The average molecular weight is 301 g/mol. The maximum absolute atomic E-state index is 10.2. The molecule has 0 heterocycles. The van der Waals surface area contributed by atoms with Gasteiger partial charge in [-0.05, 0) is 35.4 Å². The minimum absolute atomic E-state index is 0.0869. The van der Waals surface area contributed by atoms with Crippen molar-refractivity contribution in [1.82, 2.24) is 0 Å². The van der Waals surface area contributed by atoms with Crippen molar-refractivity contribution >= 4 is 8.80 Å². The Hall–Kier alpha value is -0.123. The van der Waals surface area contributed by atoms with Gasteiger partial charge < -0.3 is 10.2 Å². The Kier molecular flexibility index (Phi) is 7.72. The Morgan fingerprint density at radius 3 is 1.90 bits per heavy atom. The molecule has 2 atom stereocenters. The molecule has 0 aliphatic rings. The van der Waals surface area contributed by atoms with Crippen LogP contribution in [0.5, 0.6) is 0 Å². The van der Waals surface area contributed by atoms with Gasteiger partial charge in [0.2, 0.25) is 0 Å².